The summed E-state index contributed by atoms with van der Waals surface area (Å²) < 4.78 is 0. The number of hydrogen-bond donors (Lipinski definition) is 24. The normalized spacial score (nSPS) is 22.0. The molecule has 0 aliphatic carbocycles. The van der Waals surface area contributed by atoms with Gasteiger partial charge in [-0.15, -0.1) is 0 Å². The summed E-state index contributed by atoms with van der Waals surface area (Å²) >= 11 is 0. The summed E-state index contributed by atoms with van der Waals surface area (Å²) in [5.41, 5.74) is 32.4. The first kappa shape index (κ1) is 128. The lowest BCUT2D eigenvalue weighted by molar-refractivity contribution is -0.146. The third kappa shape index (κ3) is 44.8. The van der Waals surface area contributed by atoms with E-state index >= 15 is 19.2 Å². The number of aliphatic hydroxyl groups is 1. The largest absolute Gasteiger partial charge is 0.394 e. The first-order valence-corrected chi connectivity index (χ1v) is 53.2. The first-order chi connectivity index (χ1) is 69.9. The summed E-state index contributed by atoms with van der Waals surface area (Å²) in [6, 6.07) is -11.0. The molecule has 2 aliphatic rings. The van der Waals surface area contributed by atoms with Crippen molar-refractivity contribution in [3.8, 4) is 0 Å². The van der Waals surface area contributed by atoms with Crippen molar-refractivity contribution in [2.45, 2.75) is 404 Å². The Morgan fingerprint density at radius 2 is 0.993 bits per heavy atom. The molecule has 44 heteroatoms. The van der Waals surface area contributed by atoms with Crippen LogP contribution in [0.5, 0.6) is 0 Å². The Labute approximate surface area is 867 Å². The number of hydrogen-bond acceptors (Lipinski definition) is 25. The maximum atomic E-state index is 15.9. The zero-order valence-electron chi connectivity index (χ0n) is 89.1. The Hall–Kier alpha value is -11.6. The van der Waals surface area contributed by atoms with Gasteiger partial charge in [-0.1, -0.05) is 163 Å². The number of amides is 18. The van der Waals surface area contributed by atoms with Gasteiger partial charge in [-0.2, -0.15) is 0 Å². The average molecular weight is 2070 g/mol. The van der Waals surface area contributed by atoms with Gasteiger partial charge in [-0.05, 0) is 224 Å². The van der Waals surface area contributed by atoms with E-state index in [-0.39, 0.29) is 116 Å². The summed E-state index contributed by atoms with van der Waals surface area (Å²) in [5.74, 6) is -16.3. The zero-order chi connectivity index (χ0) is 109. The number of aromatic amines is 1. The van der Waals surface area contributed by atoms with Crippen molar-refractivity contribution >= 4 is 106 Å². The number of carbonyl (C=O) groups excluding carboxylic acids is 18. The van der Waals surface area contributed by atoms with Crippen LogP contribution in [0.15, 0.2) is 55.0 Å². The SMILES string of the molecule is CCCC[C@H](NC(=O)[C@H](Cc1cnc[nH]1)NC(=O)[C@H](C)NC(=O)[C@H](CCCC)NC(=O)[C@@H](NC(=O)[C@H](CCCCN)NC(=O)[C@@H]1CCCN1C(=O)[C@]1(C)CCCC=CCCCCCC[C@@](C)(NC(=O)[C@H](Cc2ccccc2)NC(=O)CN)C(=O)N[C@@H](CO)C(=O)N[C@@H]([C@@H](C)CC)C(=O)N[C@@H](CC(C)C)C(=O)N[C@@H](CCCCN)C(=O)N[C@@H](CCCCN)C(=O)N[C@@H](C(C)C)C(=O)N1)C(C)C)C(=O)N[C@@H](CCCCN)C(N)=O. The molecule has 0 unspecified atom stereocenters. The van der Waals surface area contributed by atoms with Gasteiger partial charge in [0.05, 0.1) is 19.5 Å². The molecule has 30 N–H and O–H groups in total. The number of nitrogens with zero attached hydrogens (tertiary/aromatic N) is 2. The number of H-pyrrole nitrogens is 1. The fourth-order valence-electron chi connectivity index (χ4n) is 17.5. The predicted molar refractivity (Wildman–Crippen MR) is 558 cm³/mol. The van der Waals surface area contributed by atoms with Crippen LogP contribution in [0.25, 0.3) is 0 Å². The second kappa shape index (κ2) is 68.1. The number of nitrogens with two attached hydrogens (primary N) is 6. The van der Waals surface area contributed by atoms with E-state index in [0.29, 0.717) is 146 Å². The van der Waals surface area contributed by atoms with Gasteiger partial charge < -0.3 is 134 Å². The van der Waals surface area contributed by atoms with Gasteiger partial charge in [0.2, 0.25) is 106 Å². The van der Waals surface area contributed by atoms with Crippen LogP contribution in [0.3, 0.4) is 0 Å². The Morgan fingerprint density at radius 1 is 0.490 bits per heavy atom. The average Bonchev–Trinajstić information content (AvgIpc) is 1.71. The standard InChI is InChI=1S/C103H177N25O19/c1-14-17-42-71(87(133)112-67(11)86(132)120-78(58-69-60-110-62-111-69)93(139)116-72(43-18-15-2)88(134)114-70(85(109)131)44-29-35-51-104)119-97(143)82(64(6)7)123-91(137)75(47-32-38-54-107)118-96(142)80-48-39-55-128(80)101(147)103(13)50-34-25-23-21-19-20-22-24-33-49-102(12,126-95(141)77(113-81(130)59-108)57-68-40-27-26-28-41-68)100(146)122-79(61-129)94(140)125-84(66(10)16-3)98(144)121-76(56-63(4)5)92(138)117-73(45-30-36-52-105)89(135)115-74(46-31-37-53-106)90(136)124-83(65(8)9)99(145)127-103/h21,23,26-28,40-41,60,62-67,70-80,82-84,129H,14-20,22,24-25,29-39,42-59,61,104-108H2,1-13H3,(H2,109,131)(H,110,111)(H,112,133)(H,113,130)(H,114,134)(H,115,135)(H,116,139)(H,117,138)(H,118,142)(H,119,143)(H,120,132)(H,121,144)(H,122,146)(H,123,137)(H,124,136)(H,125,140)(H,126,141)(H,127,145)/t66-,67-,70-,71-,72-,73-,74-,75-,76-,77-,78-,79-,80-,82-,83-,84-,102+,103-/m0/s1. The molecule has 3 heterocycles. The Bertz CT molecular complexity index is 4510. The Morgan fingerprint density at radius 3 is 1.54 bits per heavy atom. The number of carbonyl (C=O) groups is 18. The zero-order valence-corrected chi connectivity index (χ0v) is 89.1. The van der Waals surface area contributed by atoms with E-state index in [1.807, 2.05) is 26.0 Å². The molecule has 828 valence electrons. The molecule has 4 rings (SSSR count). The molecule has 44 nitrogen and oxygen atoms in total. The number of rotatable bonds is 53. The molecule has 2 aromatic rings. The Balaban J connectivity index is 1.76. The van der Waals surface area contributed by atoms with E-state index in [9.17, 15) is 72.2 Å². The summed E-state index contributed by atoms with van der Waals surface area (Å²) in [5, 5.41) is 55.3. The second-order valence-corrected chi connectivity index (χ2v) is 40.6. The van der Waals surface area contributed by atoms with Crippen LogP contribution in [0.4, 0.5) is 0 Å². The monoisotopic (exact) mass is 2070 g/mol. The summed E-state index contributed by atoms with van der Waals surface area (Å²) in [6.07, 6.45) is 16.4. The molecule has 0 spiro atoms. The minimum Gasteiger partial charge on any atom is -0.394 e. The van der Waals surface area contributed by atoms with Gasteiger partial charge >= 0.3 is 0 Å². The second-order valence-electron chi connectivity index (χ2n) is 40.6. The van der Waals surface area contributed by atoms with Crippen LogP contribution in [0.2, 0.25) is 0 Å². The quantitative estimate of drug-likeness (QED) is 0.0318. The fraction of sp³-hybridized carbons (Fsp3) is 0.718. The number of benzene rings is 1. The van der Waals surface area contributed by atoms with Crippen LogP contribution >= 0.6 is 0 Å². The minimum atomic E-state index is -1.83. The number of aliphatic hydroxyl groups excluding tert-OH is 1. The van der Waals surface area contributed by atoms with E-state index in [2.05, 4.69) is 95.0 Å². The molecule has 1 fully saturated rings. The molecular formula is C103H177N25O19. The minimum absolute atomic E-state index is 0.000791. The van der Waals surface area contributed by atoms with E-state index in [4.69, 9.17) is 34.4 Å². The van der Waals surface area contributed by atoms with Gasteiger partial charge in [-0.3, -0.25) is 86.3 Å². The van der Waals surface area contributed by atoms with Gasteiger partial charge in [0.1, 0.15) is 102 Å². The number of allylic oxidation sites excluding steroid dienone is 2. The lowest BCUT2D eigenvalue weighted by atomic mass is 9.90. The lowest BCUT2D eigenvalue weighted by Gasteiger charge is -2.37. The van der Waals surface area contributed by atoms with Crippen LogP contribution in [0, 0.1) is 23.7 Å². The lowest BCUT2D eigenvalue weighted by Crippen LogP contribution is -2.65. The highest BCUT2D eigenvalue weighted by Crippen LogP contribution is 2.28. The number of imidazole rings is 1. The van der Waals surface area contributed by atoms with Gasteiger partial charge in [0, 0.05) is 31.3 Å². The molecular weight excluding hydrogens is 1890 g/mol. The van der Waals surface area contributed by atoms with Crippen molar-refractivity contribution in [3.63, 3.8) is 0 Å². The van der Waals surface area contributed by atoms with Crippen LogP contribution in [-0.2, 0) is 99.1 Å². The van der Waals surface area contributed by atoms with Crippen LogP contribution < -0.4 is 119 Å². The highest BCUT2D eigenvalue weighted by atomic mass is 16.3. The van der Waals surface area contributed by atoms with Crippen molar-refractivity contribution < 1.29 is 91.4 Å². The number of likely N-dealkylation sites (tertiary alicyclic amines) is 1. The molecule has 0 radical (unpaired) electrons. The van der Waals surface area contributed by atoms with E-state index < -0.39 is 239 Å². The highest BCUT2D eigenvalue weighted by molar-refractivity contribution is 6.03. The van der Waals surface area contributed by atoms with Gasteiger partial charge in [-0.25, -0.2) is 4.98 Å². The Kier molecular flexibility index (Phi) is 59.1. The number of primary amides is 1. The molecule has 18 amide bonds. The summed E-state index contributed by atoms with van der Waals surface area (Å²) in [7, 11) is 0. The highest BCUT2D eigenvalue weighted by Gasteiger charge is 2.48. The summed E-state index contributed by atoms with van der Waals surface area (Å²) in [6.45, 7) is 21.4. The van der Waals surface area contributed by atoms with E-state index in [1.165, 1.54) is 38.2 Å². The third-order valence-electron chi connectivity index (χ3n) is 26.8. The molecule has 18 atom stereocenters. The maximum Gasteiger partial charge on any atom is 0.248 e. The predicted octanol–water partition coefficient (Wildman–Crippen LogP) is 0.560. The van der Waals surface area contributed by atoms with Crippen molar-refractivity contribution in [2.24, 2.45) is 58.1 Å². The summed E-state index contributed by atoms with van der Waals surface area (Å²) in [4.78, 5) is 271. The van der Waals surface area contributed by atoms with Crippen molar-refractivity contribution in [1.82, 2.24) is 99.9 Å². The van der Waals surface area contributed by atoms with Gasteiger partial charge in [0.15, 0.2) is 0 Å². The first-order valence-electron chi connectivity index (χ1n) is 53.2. The molecule has 1 aromatic carbocycles. The molecule has 147 heavy (non-hydrogen) atoms. The smallest absolute Gasteiger partial charge is 0.248 e. The molecule has 0 bridgehead atoms. The topological polar surface area (TPSA) is 708 Å². The maximum absolute atomic E-state index is 15.9. The van der Waals surface area contributed by atoms with E-state index in [0.717, 1.165) is 0 Å². The third-order valence-corrected chi connectivity index (χ3v) is 26.8. The number of unbranched alkanes of at least 4 members (excludes halogenated alkanes) is 6. The molecule has 1 saturated heterocycles. The molecule has 1 aromatic heterocycles. The van der Waals surface area contributed by atoms with E-state index in [1.54, 1.807) is 85.7 Å². The number of nitrogens with one attached hydrogen (secondary N) is 17. The fourth-order valence-corrected chi connectivity index (χ4v) is 17.5. The number of aromatic nitrogens is 2. The van der Waals surface area contributed by atoms with Crippen molar-refractivity contribution in [3.05, 3.63) is 66.3 Å². The molecule has 0 saturated carbocycles. The molecule has 2 aliphatic heterocycles. The van der Waals surface area contributed by atoms with Crippen molar-refractivity contribution in [2.75, 3.05) is 45.9 Å². The van der Waals surface area contributed by atoms with Gasteiger partial charge in [0.25, 0.3) is 0 Å². The van der Waals surface area contributed by atoms with Crippen LogP contribution in [-0.4, -0.2) is 274 Å². The van der Waals surface area contributed by atoms with Crippen molar-refractivity contribution in [1.29, 1.82) is 0 Å². The van der Waals surface area contributed by atoms with Crippen LogP contribution in [0.1, 0.15) is 300 Å².